The second-order valence-corrected chi connectivity index (χ2v) is 13.1. The SMILES string of the molecule is CCCCCCCCCCCCCCCCc1cc(CCCCCCCCCCCCCCCC)cc(B(O)O)c1. The Balaban J connectivity index is 2.07. The van der Waals surface area contributed by atoms with E-state index in [1.807, 2.05) is 12.1 Å². The lowest BCUT2D eigenvalue weighted by Crippen LogP contribution is -2.30. The number of unbranched alkanes of at least 4 members (excludes halogenated alkanes) is 26. The van der Waals surface area contributed by atoms with E-state index in [4.69, 9.17) is 0 Å². The predicted molar refractivity (Wildman–Crippen MR) is 184 cm³/mol. The fourth-order valence-electron chi connectivity index (χ4n) is 6.28. The third kappa shape index (κ3) is 24.4. The van der Waals surface area contributed by atoms with Crippen LogP contribution in [0.25, 0.3) is 0 Å². The molecule has 0 unspecified atom stereocenters. The maximum atomic E-state index is 9.82. The van der Waals surface area contributed by atoms with Gasteiger partial charge in [0.1, 0.15) is 0 Å². The lowest BCUT2D eigenvalue weighted by atomic mass is 9.78. The summed E-state index contributed by atoms with van der Waals surface area (Å²) in [6.45, 7) is 4.58. The molecule has 0 bridgehead atoms. The van der Waals surface area contributed by atoms with Crippen molar-refractivity contribution in [2.45, 2.75) is 206 Å². The molecule has 0 aromatic heterocycles. The Kier molecular flexibility index (Phi) is 27.3. The molecule has 41 heavy (non-hydrogen) atoms. The van der Waals surface area contributed by atoms with E-state index in [-0.39, 0.29) is 0 Å². The molecule has 1 aromatic carbocycles. The summed E-state index contributed by atoms with van der Waals surface area (Å²) >= 11 is 0. The van der Waals surface area contributed by atoms with Crippen molar-refractivity contribution in [3.05, 3.63) is 29.3 Å². The van der Waals surface area contributed by atoms with Crippen LogP contribution in [0.1, 0.15) is 205 Å². The Morgan fingerprint density at radius 2 is 0.610 bits per heavy atom. The number of hydrogen-bond donors (Lipinski definition) is 2. The molecule has 2 N–H and O–H groups in total. The minimum atomic E-state index is -1.36. The predicted octanol–water partition coefficient (Wildman–Crippen LogP) is 11.4. The molecule has 0 spiro atoms. The van der Waals surface area contributed by atoms with E-state index >= 15 is 0 Å². The molecule has 0 radical (unpaired) electrons. The van der Waals surface area contributed by atoms with Gasteiger partial charge >= 0.3 is 7.12 Å². The van der Waals surface area contributed by atoms with Crippen LogP contribution in [0.2, 0.25) is 0 Å². The molecule has 0 heterocycles. The summed E-state index contributed by atoms with van der Waals surface area (Å²) in [5.74, 6) is 0. The van der Waals surface area contributed by atoms with Gasteiger partial charge in [-0.2, -0.15) is 0 Å². The van der Waals surface area contributed by atoms with Gasteiger partial charge in [-0.15, -0.1) is 0 Å². The van der Waals surface area contributed by atoms with Crippen LogP contribution >= 0.6 is 0 Å². The van der Waals surface area contributed by atoms with Gasteiger partial charge in [0.15, 0.2) is 0 Å². The summed E-state index contributed by atoms with van der Waals surface area (Å²) in [5, 5.41) is 19.6. The molecule has 0 fully saturated rings. The minimum Gasteiger partial charge on any atom is -0.423 e. The molecule has 0 saturated heterocycles. The first-order chi connectivity index (χ1) is 20.2. The summed E-state index contributed by atoms with van der Waals surface area (Å²) in [7, 11) is -1.36. The molecule has 0 aliphatic heterocycles. The van der Waals surface area contributed by atoms with Crippen molar-refractivity contribution in [3.8, 4) is 0 Å². The van der Waals surface area contributed by atoms with Crippen molar-refractivity contribution >= 4 is 12.6 Å². The van der Waals surface area contributed by atoms with Crippen LogP contribution in [0.4, 0.5) is 0 Å². The first-order valence-corrected chi connectivity index (χ1v) is 18.7. The van der Waals surface area contributed by atoms with E-state index in [9.17, 15) is 10.0 Å². The molecule has 1 aromatic rings. The summed E-state index contributed by atoms with van der Waals surface area (Å²) in [4.78, 5) is 0. The molecule has 2 nitrogen and oxygen atoms in total. The minimum absolute atomic E-state index is 0.674. The fraction of sp³-hybridized carbons (Fsp3) is 0.842. The molecule has 0 amide bonds. The molecule has 0 aliphatic rings. The summed E-state index contributed by atoms with van der Waals surface area (Å²) in [6, 6.07) is 6.36. The maximum absolute atomic E-state index is 9.82. The van der Waals surface area contributed by atoms with Crippen LogP contribution in [-0.2, 0) is 12.8 Å². The van der Waals surface area contributed by atoms with Crippen molar-refractivity contribution in [2.75, 3.05) is 0 Å². The largest absolute Gasteiger partial charge is 0.488 e. The highest BCUT2D eigenvalue weighted by atomic mass is 16.4. The van der Waals surface area contributed by atoms with Gasteiger partial charge in [0.25, 0.3) is 0 Å². The zero-order chi connectivity index (χ0) is 29.6. The molecule has 0 aliphatic carbocycles. The lowest BCUT2D eigenvalue weighted by molar-refractivity contribution is 0.425. The van der Waals surface area contributed by atoms with Crippen molar-refractivity contribution in [1.29, 1.82) is 0 Å². The quantitative estimate of drug-likeness (QED) is 0.0688. The molecule has 0 saturated carbocycles. The van der Waals surface area contributed by atoms with E-state index in [1.54, 1.807) is 0 Å². The normalized spacial score (nSPS) is 11.4. The van der Waals surface area contributed by atoms with Gasteiger partial charge in [0.05, 0.1) is 0 Å². The number of hydrogen-bond acceptors (Lipinski definition) is 2. The molecule has 0 atom stereocenters. The van der Waals surface area contributed by atoms with Gasteiger partial charge in [0, 0.05) is 0 Å². The van der Waals surface area contributed by atoms with Gasteiger partial charge in [-0.3, -0.25) is 0 Å². The standard InChI is InChI=1S/C38H71BO2/c1-3-5-7-9-11-13-15-17-19-21-23-25-27-29-31-36-33-37(35-38(34-36)39(40)41)32-30-28-26-24-22-20-18-16-14-12-10-8-6-4-2/h33-35,40-41H,3-32H2,1-2H3. The van der Waals surface area contributed by atoms with Crippen LogP contribution < -0.4 is 5.46 Å². The number of rotatable bonds is 31. The smallest absolute Gasteiger partial charge is 0.423 e. The van der Waals surface area contributed by atoms with E-state index < -0.39 is 7.12 Å². The van der Waals surface area contributed by atoms with Gasteiger partial charge in [-0.05, 0) is 42.3 Å². The third-order valence-corrected chi connectivity index (χ3v) is 9.01. The van der Waals surface area contributed by atoms with Gasteiger partial charge < -0.3 is 10.0 Å². The zero-order valence-electron chi connectivity index (χ0n) is 27.9. The highest BCUT2D eigenvalue weighted by molar-refractivity contribution is 6.58. The van der Waals surface area contributed by atoms with Gasteiger partial charge in [-0.1, -0.05) is 199 Å². The highest BCUT2D eigenvalue weighted by Crippen LogP contribution is 2.17. The van der Waals surface area contributed by atoms with Crippen molar-refractivity contribution < 1.29 is 10.0 Å². The lowest BCUT2D eigenvalue weighted by Gasteiger charge is -2.10. The summed E-state index contributed by atoms with van der Waals surface area (Å²) < 4.78 is 0. The van der Waals surface area contributed by atoms with Crippen LogP contribution in [0.5, 0.6) is 0 Å². The second kappa shape index (κ2) is 29.3. The van der Waals surface area contributed by atoms with Crippen molar-refractivity contribution in [2.24, 2.45) is 0 Å². The summed E-state index contributed by atoms with van der Waals surface area (Å²) in [6.07, 6.45) is 40.9. The Hall–Kier alpha value is -0.795. The van der Waals surface area contributed by atoms with Gasteiger partial charge in [-0.25, -0.2) is 0 Å². The monoisotopic (exact) mass is 571 g/mol. The second-order valence-electron chi connectivity index (χ2n) is 13.1. The average molecular weight is 571 g/mol. The first kappa shape index (κ1) is 38.2. The Morgan fingerprint density at radius 1 is 0.366 bits per heavy atom. The van der Waals surface area contributed by atoms with Crippen LogP contribution in [0.3, 0.4) is 0 Å². The molecular formula is C38H71BO2. The van der Waals surface area contributed by atoms with Crippen LogP contribution in [0.15, 0.2) is 18.2 Å². The van der Waals surface area contributed by atoms with Crippen LogP contribution in [-0.4, -0.2) is 17.2 Å². The number of benzene rings is 1. The van der Waals surface area contributed by atoms with Gasteiger partial charge in [0.2, 0.25) is 0 Å². The topological polar surface area (TPSA) is 40.5 Å². The third-order valence-electron chi connectivity index (χ3n) is 9.01. The summed E-state index contributed by atoms with van der Waals surface area (Å²) in [5.41, 5.74) is 3.25. The van der Waals surface area contributed by atoms with E-state index in [2.05, 4.69) is 19.9 Å². The highest BCUT2D eigenvalue weighted by Gasteiger charge is 2.13. The number of aryl methyl sites for hydroxylation is 2. The molecule has 238 valence electrons. The van der Waals surface area contributed by atoms with Crippen molar-refractivity contribution in [3.63, 3.8) is 0 Å². The van der Waals surface area contributed by atoms with E-state index in [0.29, 0.717) is 5.46 Å². The van der Waals surface area contributed by atoms with Crippen LogP contribution in [0, 0.1) is 0 Å². The van der Waals surface area contributed by atoms with E-state index in [1.165, 1.54) is 191 Å². The Morgan fingerprint density at radius 3 is 0.854 bits per heavy atom. The zero-order valence-corrected chi connectivity index (χ0v) is 27.9. The molecule has 1 rings (SSSR count). The first-order valence-electron chi connectivity index (χ1n) is 18.7. The molecular weight excluding hydrogens is 499 g/mol. The Labute approximate surface area is 258 Å². The van der Waals surface area contributed by atoms with E-state index in [0.717, 1.165) is 12.8 Å². The maximum Gasteiger partial charge on any atom is 0.488 e. The Bertz CT molecular complexity index is 624. The molecule has 3 heteroatoms. The fourth-order valence-corrected chi connectivity index (χ4v) is 6.28. The average Bonchev–Trinajstić information content (AvgIpc) is 2.97. The van der Waals surface area contributed by atoms with Crippen molar-refractivity contribution in [1.82, 2.24) is 0 Å².